The summed E-state index contributed by atoms with van der Waals surface area (Å²) in [4.78, 5) is 15.2. The number of hydrogen-bond acceptors (Lipinski definition) is 6. The summed E-state index contributed by atoms with van der Waals surface area (Å²) in [5, 5.41) is 10.1. The van der Waals surface area contributed by atoms with E-state index in [-0.39, 0.29) is 0 Å². The molecule has 0 aliphatic carbocycles. The average molecular weight is 299 g/mol. The van der Waals surface area contributed by atoms with Gasteiger partial charge in [0.2, 0.25) is 0 Å². The fourth-order valence-corrected chi connectivity index (χ4v) is 2.79. The quantitative estimate of drug-likeness (QED) is 0.879. The maximum absolute atomic E-state index is 10.1. The number of rotatable bonds is 2. The highest BCUT2D eigenvalue weighted by atomic mass is 16.3. The zero-order valence-electron chi connectivity index (χ0n) is 13.0. The number of pyridine rings is 1. The first-order chi connectivity index (χ1) is 10.5. The van der Waals surface area contributed by atoms with Crippen LogP contribution in [0.4, 0.5) is 11.6 Å². The van der Waals surface area contributed by atoms with Crippen LogP contribution in [0.15, 0.2) is 24.7 Å². The maximum Gasteiger partial charge on any atom is 0.140 e. The molecule has 0 saturated carbocycles. The van der Waals surface area contributed by atoms with Crippen molar-refractivity contribution in [1.29, 1.82) is 0 Å². The minimum Gasteiger partial charge on any atom is -0.390 e. The fourth-order valence-electron chi connectivity index (χ4n) is 2.79. The van der Waals surface area contributed by atoms with Crippen molar-refractivity contribution in [1.82, 2.24) is 15.0 Å². The molecule has 3 heterocycles. The highest BCUT2D eigenvalue weighted by Gasteiger charge is 2.29. The Labute approximate surface area is 130 Å². The van der Waals surface area contributed by atoms with E-state index >= 15 is 0 Å². The molecule has 0 amide bonds. The maximum atomic E-state index is 10.1. The molecule has 2 aromatic heterocycles. The van der Waals surface area contributed by atoms with Gasteiger partial charge in [-0.15, -0.1) is 0 Å². The SMILES string of the molecule is Cc1ncnc(N2CCC(C)(O)CC2)c1-c1ccc(N)nc1. The first kappa shape index (κ1) is 14.7. The Morgan fingerprint density at radius 3 is 2.55 bits per heavy atom. The van der Waals surface area contributed by atoms with Crippen molar-refractivity contribution < 1.29 is 5.11 Å². The Hall–Kier alpha value is -2.21. The van der Waals surface area contributed by atoms with Crippen molar-refractivity contribution >= 4 is 11.6 Å². The zero-order chi connectivity index (χ0) is 15.7. The van der Waals surface area contributed by atoms with Crippen molar-refractivity contribution in [2.24, 2.45) is 0 Å². The number of nitrogen functional groups attached to an aromatic ring is 1. The molecule has 0 bridgehead atoms. The molecule has 0 unspecified atom stereocenters. The van der Waals surface area contributed by atoms with Crippen molar-refractivity contribution in [2.75, 3.05) is 23.7 Å². The molecule has 1 aliphatic rings. The van der Waals surface area contributed by atoms with Crippen molar-refractivity contribution in [3.05, 3.63) is 30.4 Å². The standard InChI is InChI=1S/C16H21N5O/c1-11-14(12-3-4-13(17)18-9-12)15(20-10-19-11)21-7-5-16(2,22)6-8-21/h3-4,9-10,22H,5-8H2,1-2H3,(H2,17,18). The van der Waals surface area contributed by atoms with Gasteiger partial charge in [-0.3, -0.25) is 0 Å². The van der Waals surface area contributed by atoms with E-state index in [0.717, 1.165) is 48.6 Å². The summed E-state index contributed by atoms with van der Waals surface area (Å²) in [6, 6.07) is 3.73. The third-order valence-corrected chi connectivity index (χ3v) is 4.23. The summed E-state index contributed by atoms with van der Waals surface area (Å²) in [5.41, 5.74) is 7.94. The Morgan fingerprint density at radius 2 is 1.91 bits per heavy atom. The fraction of sp³-hybridized carbons (Fsp3) is 0.438. The van der Waals surface area contributed by atoms with E-state index in [9.17, 15) is 5.11 Å². The number of nitrogens with zero attached hydrogens (tertiary/aromatic N) is 4. The number of nitrogens with two attached hydrogens (primary N) is 1. The Balaban J connectivity index is 1.99. The van der Waals surface area contributed by atoms with E-state index in [1.807, 2.05) is 19.9 Å². The molecule has 0 aromatic carbocycles. The molecule has 1 fully saturated rings. The second-order valence-corrected chi connectivity index (χ2v) is 6.11. The first-order valence-electron chi connectivity index (χ1n) is 7.47. The highest BCUT2D eigenvalue weighted by Crippen LogP contribution is 2.33. The van der Waals surface area contributed by atoms with Gasteiger partial charge in [-0.05, 0) is 38.8 Å². The van der Waals surface area contributed by atoms with Gasteiger partial charge in [0.1, 0.15) is 18.0 Å². The first-order valence-corrected chi connectivity index (χ1v) is 7.47. The van der Waals surface area contributed by atoms with Crippen LogP contribution in [0, 0.1) is 6.92 Å². The van der Waals surface area contributed by atoms with Crippen molar-refractivity contribution in [3.63, 3.8) is 0 Å². The second kappa shape index (κ2) is 5.53. The predicted octanol–water partition coefficient (Wildman–Crippen LogP) is 1.78. The van der Waals surface area contributed by atoms with Crippen molar-refractivity contribution in [3.8, 4) is 11.1 Å². The normalized spacial score (nSPS) is 17.5. The number of piperidine rings is 1. The number of aryl methyl sites for hydroxylation is 1. The lowest BCUT2D eigenvalue weighted by Gasteiger charge is -2.37. The van der Waals surface area contributed by atoms with Gasteiger partial charge < -0.3 is 15.7 Å². The summed E-state index contributed by atoms with van der Waals surface area (Å²) < 4.78 is 0. The number of hydrogen-bond donors (Lipinski definition) is 2. The highest BCUT2D eigenvalue weighted by molar-refractivity contribution is 5.77. The topological polar surface area (TPSA) is 88.2 Å². The molecule has 116 valence electrons. The Morgan fingerprint density at radius 1 is 1.18 bits per heavy atom. The van der Waals surface area contributed by atoms with E-state index in [1.54, 1.807) is 18.6 Å². The summed E-state index contributed by atoms with van der Waals surface area (Å²) in [7, 11) is 0. The lowest BCUT2D eigenvalue weighted by Crippen LogP contribution is -2.43. The van der Waals surface area contributed by atoms with Gasteiger partial charge in [-0.25, -0.2) is 15.0 Å². The van der Waals surface area contributed by atoms with Gasteiger partial charge in [0.15, 0.2) is 0 Å². The summed E-state index contributed by atoms with van der Waals surface area (Å²) in [6.07, 6.45) is 4.81. The van der Waals surface area contributed by atoms with Crippen LogP contribution in [0.5, 0.6) is 0 Å². The average Bonchev–Trinajstić information content (AvgIpc) is 2.48. The van der Waals surface area contributed by atoms with Crippen molar-refractivity contribution in [2.45, 2.75) is 32.3 Å². The molecular weight excluding hydrogens is 278 g/mol. The van der Waals surface area contributed by atoms with E-state index in [2.05, 4.69) is 19.9 Å². The largest absolute Gasteiger partial charge is 0.390 e. The summed E-state index contributed by atoms with van der Waals surface area (Å²) >= 11 is 0. The molecule has 22 heavy (non-hydrogen) atoms. The summed E-state index contributed by atoms with van der Waals surface area (Å²) in [6.45, 7) is 5.41. The van der Waals surface area contributed by atoms with Gasteiger partial charge in [0.25, 0.3) is 0 Å². The molecule has 2 aromatic rings. The lowest BCUT2D eigenvalue weighted by molar-refractivity contribution is 0.0350. The van der Waals surface area contributed by atoms with Gasteiger partial charge in [0.05, 0.1) is 11.3 Å². The van der Waals surface area contributed by atoms with Crippen LogP contribution >= 0.6 is 0 Å². The van der Waals surface area contributed by atoms with Crippen LogP contribution in [-0.2, 0) is 0 Å². The molecule has 1 saturated heterocycles. The second-order valence-electron chi connectivity index (χ2n) is 6.11. The monoisotopic (exact) mass is 299 g/mol. The number of aliphatic hydroxyl groups is 1. The van der Waals surface area contributed by atoms with Crippen LogP contribution in [0.3, 0.4) is 0 Å². The van der Waals surface area contributed by atoms with Gasteiger partial charge in [0, 0.05) is 30.4 Å². The minimum atomic E-state index is -0.582. The Kier molecular flexibility index (Phi) is 3.70. The molecule has 0 atom stereocenters. The van der Waals surface area contributed by atoms with E-state index in [4.69, 9.17) is 5.73 Å². The van der Waals surface area contributed by atoms with Crippen LogP contribution in [0.2, 0.25) is 0 Å². The smallest absolute Gasteiger partial charge is 0.140 e. The molecule has 6 heteroatoms. The molecule has 3 N–H and O–H groups in total. The number of anilines is 2. The van der Waals surface area contributed by atoms with Crippen LogP contribution < -0.4 is 10.6 Å². The molecule has 6 nitrogen and oxygen atoms in total. The molecule has 0 radical (unpaired) electrons. The van der Waals surface area contributed by atoms with Gasteiger partial charge in [-0.2, -0.15) is 0 Å². The van der Waals surface area contributed by atoms with Crippen LogP contribution in [0.25, 0.3) is 11.1 Å². The molecule has 3 rings (SSSR count). The molecule has 1 aliphatic heterocycles. The van der Waals surface area contributed by atoms with Gasteiger partial charge >= 0.3 is 0 Å². The van der Waals surface area contributed by atoms with Crippen LogP contribution in [0.1, 0.15) is 25.5 Å². The van der Waals surface area contributed by atoms with E-state index in [1.165, 1.54) is 0 Å². The third-order valence-electron chi connectivity index (χ3n) is 4.23. The predicted molar refractivity (Wildman–Crippen MR) is 86.5 cm³/mol. The molecule has 0 spiro atoms. The van der Waals surface area contributed by atoms with E-state index in [0.29, 0.717) is 5.82 Å². The Bertz CT molecular complexity index is 659. The third kappa shape index (κ3) is 2.87. The zero-order valence-corrected chi connectivity index (χ0v) is 13.0. The number of aromatic nitrogens is 3. The van der Waals surface area contributed by atoms with Crippen LogP contribution in [-0.4, -0.2) is 38.7 Å². The lowest BCUT2D eigenvalue weighted by atomic mass is 9.93. The molecular formula is C16H21N5O. The minimum absolute atomic E-state index is 0.494. The van der Waals surface area contributed by atoms with E-state index < -0.39 is 5.60 Å². The summed E-state index contributed by atoms with van der Waals surface area (Å²) in [5.74, 6) is 1.39. The van der Waals surface area contributed by atoms with Gasteiger partial charge in [-0.1, -0.05) is 0 Å².